The molecule has 0 aromatic rings. The minimum absolute atomic E-state index is 0.293. The fourth-order valence-electron chi connectivity index (χ4n) is 1.83. The third-order valence-corrected chi connectivity index (χ3v) is 2.54. The lowest BCUT2D eigenvalue weighted by Crippen LogP contribution is -2.22. The second-order valence-electron chi connectivity index (χ2n) is 3.54. The van der Waals surface area contributed by atoms with Crippen molar-refractivity contribution in [3.8, 4) is 0 Å². The second-order valence-corrected chi connectivity index (χ2v) is 3.54. The van der Waals surface area contributed by atoms with Gasteiger partial charge in [-0.2, -0.15) is 0 Å². The molecule has 3 heteroatoms. The molecule has 0 bridgehead atoms. The molecular weight excluding hydrogens is 154 g/mol. The van der Waals surface area contributed by atoms with Gasteiger partial charge in [-0.1, -0.05) is 0 Å². The van der Waals surface area contributed by atoms with Crippen molar-refractivity contribution in [2.75, 3.05) is 32.8 Å². The quantitative estimate of drug-likeness (QED) is 0.618. The van der Waals surface area contributed by atoms with Gasteiger partial charge in [-0.15, -0.1) is 0 Å². The van der Waals surface area contributed by atoms with Crippen molar-refractivity contribution in [3.63, 3.8) is 0 Å². The molecule has 1 saturated heterocycles. The van der Waals surface area contributed by atoms with E-state index in [1.807, 2.05) is 0 Å². The van der Waals surface area contributed by atoms with Crippen molar-refractivity contribution in [3.05, 3.63) is 0 Å². The molecule has 72 valence electrons. The van der Waals surface area contributed by atoms with Crippen LogP contribution in [0.5, 0.6) is 0 Å². The van der Waals surface area contributed by atoms with Crippen molar-refractivity contribution in [2.24, 2.45) is 5.92 Å². The summed E-state index contributed by atoms with van der Waals surface area (Å²) in [6.07, 6.45) is 3.04. The van der Waals surface area contributed by atoms with E-state index >= 15 is 0 Å². The number of hydrogen-bond acceptors (Lipinski definition) is 3. The Kier molecular flexibility index (Phi) is 4.58. The summed E-state index contributed by atoms with van der Waals surface area (Å²) in [5.41, 5.74) is 0. The molecule has 0 amide bonds. The standard InChI is InChI=1S/C9H19NO2/c11-6-1-4-10-5-2-9(8-10)3-7-12/h9,11-12H,1-8H2. The molecule has 3 nitrogen and oxygen atoms in total. The van der Waals surface area contributed by atoms with E-state index in [1.54, 1.807) is 0 Å². The Bertz CT molecular complexity index is 119. The zero-order chi connectivity index (χ0) is 8.81. The summed E-state index contributed by atoms with van der Waals surface area (Å²) >= 11 is 0. The van der Waals surface area contributed by atoms with Gasteiger partial charge in [0.2, 0.25) is 0 Å². The molecule has 1 atom stereocenters. The van der Waals surface area contributed by atoms with Gasteiger partial charge in [-0.3, -0.25) is 0 Å². The molecule has 1 aliphatic heterocycles. The molecule has 0 radical (unpaired) electrons. The predicted molar refractivity (Wildman–Crippen MR) is 48.0 cm³/mol. The lowest BCUT2D eigenvalue weighted by Gasteiger charge is -2.14. The van der Waals surface area contributed by atoms with Crippen molar-refractivity contribution < 1.29 is 10.2 Å². The summed E-state index contributed by atoms with van der Waals surface area (Å²) < 4.78 is 0. The van der Waals surface area contributed by atoms with E-state index in [4.69, 9.17) is 10.2 Å². The van der Waals surface area contributed by atoms with Crippen LogP contribution in [-0.2, 0) is 0 Å². The van der Waals surface area contributed by atoms with E-state index in [0.29, 0.717) is 19.1 Å². The van der Waals surface area contributed by atoms with Gasteiger partial charge in [0.15, 0.2) is 0 Å². The number of hydrogen-bond donors (Lipinski definition) is 2. The summed E-state index contributed by atoms with van der Waals surface area (Å²) in [4.78, 5) is 2.37. The number of aliphatic hydroxyl groups excluding tert-OH is 2. The first-order chi connectivity index (χ1) is 5.86. The molecule has 0 aromatic heterocycles. The normalized spacial score (nSPS) is 25.0. The van der Waals surface area contributed by atoms with E-state index in [1.165, 1.54) is 6.42 Å². The first kappa shape index (κ1) is 9.96. The first-order valence-electron chi connectivity index (χ1n) is 4.81. The average Bonchev–Trinajstić information content (AvgIpc) is 2.50. The van der Waals surface area contributed by atoms with Crippen LogP contribution in [0.15, 0.2) is 0 Å². The highest BCUT2D eigenvalue weighted by atomic mass is 16.3. The van der Waals surface area contributed by atoms with Gasteiger partial charge in [0.1, 0.15) is 0 Å². The van der Waals surface area contributed by atoms with Crippen LogP contribution in [0.2, 0.25) is 0 Å². The average molecular weight is 173 g/mol. The highest BCUT2D eigenvalue weighted by Crippen LogP contribution is 2.18. The molecule has 1 rings (SSSR count). The van der Waals surface area contributed by atoms with Crippen LogP contribution >= 0.6 is 0 Å². The minimum atomic E-state index is 0.293. The van der Waals surface area contributed by atoms with Crippen LogP contribution in [-0.4, -0.2) is 48.0 Å². The van der Waals surface area contributed by atoms with Gasteiger partial charge in [-0.05, 0) is 31.7 Å². The Morgan fingerprint density at radius 3 is 2.75 bits per heavy atom. The zero-order valence-electron chi connectivity index (χ0n) is 7.58. The molecule has 0 aromatic carbocycles. The number of nitrogens with zero attached hydrogens (tertiary/aromatic N) is 1. The minimum Gasteiger partial charge on any atom is -0.396 e. The first-order valence-corrected chi connectivity index (χ1v) is 4.81. The summed E-state index contributed by atoms with van der Waals surface area (Å²) in [7, 11) is 0. The van der Waals surface area contributed by atoms with Gasteiger partial charge < -0.3 is 15.1 Å². The molecule has 0 spiro atoms. The van der Waals surface area contributed by atoms with E-state index in [0.717, 1.165) is 32.5 Å². The Morgan fingerprint density at radius 1 is 1.25 bits per heavy atom. The molecule has 1 heterocycles. The summed E-state index contributed by atoms with van der Waals surface area (Å²) in [5, 5.41) is 17.4. The molecular formula is C9H19NO2. The lowest BCUT2D eigenvalue weighted by molar-refractivity contribution is 0.232. The Hall–Kier alpha value is -0.120. The summed E-state index contributed by atoms with van der Waals surface area (Å²) in [5.74, 6) is 0.689. The molecule has 1 unspecified atom stereocenters. The third kappa shape index (κ3) is 3.09. The van der Waals surface area contributed by atoms with Crippen molar-refractivity contribution in [1.82, 2.24) is 4.90 Å². The molecule has 0 saturated carbocycles. The van der Waals surface area contributed by atoms with Crippen LogP contribution in [0.1, 0.15) is 19.3 Å². The highest BCUT2D eigenvalue weighted by Gasteiger charge is 2.20. The van der Waals surface area contributed by atoms with Gasteiger partial charge in [0, 0.05) is 26.3 Å². The lowest BCUT2D eigenvalue weighted by atomic mass is 10.1. The molecule has 1 fully saturated rings. The summed E-state index contributed by atoms with van der Waals surface area (Å²) in [6, 6.07) is 0. The van der Waals surface area contributed by atoms with Crippen LogP contribution < -0.4 is 0 Å². The molecule has 0 aliphatic carbocycles. The van der Waals surface area contributed by atoms with Crippen molar-refractivity contribution >= 4 is 0 Å². The maximum absolute atomic E-state index is 8.73. The van der Waals surface area contributed by atoms with Gasteiger partial charge >= 0.3 is 0 Å². The maximum atomic E-state index is 8.73. The smallest absolute Gasteiger partial charge is 0.0443 e. The number of likely N-dealkylation sites (tertiary alicyclic amines) is 1. The molecule has 1 aliphatic rings. The maximum Gasteiger partial charge on any atom is 0.0443 e. The van der Waals surface area contributed by atoms with Gasteiger partial charge in [0.25, 0.3) is 0 Å². The number of rotatable bonds is 5. The SMILES string of the molecule is OCCCN1CCC(CCO)C1. The van der Waals surface area contributed by atoms with Crippen LogP contribution in [0.4, 0.5) is 0 Å². The Morgan fingerprint density at radius 2 is 2.08 bits per heavy atom. The van der Waals surface area contributed by atoms with Gasteiger partial charge in [-0.25, -0.2) is 0 Å². The Balaban J connectivity index is 2.08. The fourth-order valence-corrected chi connectivity index (χ4v) is 1.83. The monoisotopic (exact) mass is 173 g/mol. The highest BCUT2D eigenvalue weighted by molar-refractivity contribution is 4.74. The largest absolute Gasteiger partial charge is 0.396 e. The van der Waals surface area contributed by atoms with Crippen LogP contribution in [0.3, 0.4) is 0 Å². The van der Waals surface area contributed by atoms with E-state index in [9.17, 15) is 0 Å². The molecule has 12 heavy (non-hydrogen) atoms. The van der Waals surface area contributed by atoms with Crippen molar-refractivity contribution in [1.29, 1.82) is 0 Å². The van der Waals surface area contributed by atoms with E-state index < -0.39 is 0 Å². The number of aliphatic hydroxyl groups is 2. The Labute approximate surface area is 74.0 Å². The van der Waals surface area contributed by atoms with E-state index in [-0.39, 0.29) is 0 Å². The topological polar surface area (TPSA) is 43.7 Å². The third-order valence-electron chi connectivity index (χ3n) is 2.54. The fraction of sp³-hybridized carbons (Fsp3) is 1.00. The predicted octanol–water partition coefficient (Wildman–Crippen LogP) is 0.0731. The second kappa shape index (κ2) is 5.51. The van der Waals surface area contributed by atoms with Gasteiger partial charge in [0.05, 0.1) is 0 Å². The summed E-state index contributed by atoms with van der Waals surface area (Å²) in [6.45, 7) is 3.88. The van der Waals surface area contributed by atoms with Crippen molar-refractivity contribution in [2.45, 2.75) is 19.3 Å². The zero-order valence-corrected chi connectivity index (χ0v) is 7.58. The van der Waals surface area contributed by atoms with E-state index in [2.05, 4.69) is 4.90 Å². The van der Waals surface area contributed by atoms with Crippen LogP contribution in [0.25, 0.3) is 0 Å². The molecule has 2 N–H and O–H groups in total. The van der Waals surface area contributed by atoms with Crippen LogP contribution in [0, 0.1) is 5.92 Å².